The highest BCUT2D eigenvalue weighted by Crippen LogP contribution is 2.61. The summed E-state index contributed by atoms with van der Waals surface area (Å²) in [7, 11) is 0. The molecule has 0 radical (unpaired) electrons. The number of nitrogens with zero attached hydrogens (tertiary/aromatic N) is 4. The van der Waals surface area contributed by atoms with E-state index in [1.165, 1.54) is 6.07 Å². The van der Waals surface area contributed by atoms with Gasteiger partial charge < -0.3 is 14.5 Å². The molecule has 11 aromatic carbocycles. The Labute approximate surface area is 519 Å². The second-order valence-electron chi connectivity index (χ2n) is 23.8. The number of aromatic nitrogens is 2. The summed E-state index contributed by atoms with van der Waals surface area (Å²) in [6.45, 7) is -0.813. The van der Waals surface area contributed by atoms with Gasteiger partial charge in [-0.1, -0.05) is 201 Å². The standard InChI is InChI=1S/C81H64N4O/c1-51-19-17-22-54(40-51)58-34-38-78(82-49-58)85-74-30-14-10-26-65(74)66-36-35-63(48-77(66)85)86-62-24-18-23-61(47-62)83-50-84(76-32-16-15-31-75(76)83)79-67(45-60(80(4,5)6)46-68(79)59-41-52(2)39-53(3)42-59)55-33-37-73-69(44-55)64-25-9-13-29-72(64)81(73)70-27-11-7-20-56(70)43-57-21-8-12-28-71(57)81/h7-42,44-49H,43,50H2,1-6H3/i1D3,2D3,3D3,43D2. The van der Waals surface area contributed by atoms with Gasteiger partial charge in [0.05, 0.1) is 33.5 Å². The lowest BCUT2D eigenvalue weighted by Crippen LogP contribution is -2.34. The fourth-order valence-electron chi connectivity index (χ4n) is 13.9. The molecule has 1 aliphatic heterocycles. The number of para-hydroxylation sites is 3. The van der Waals surface area contributed by atoms with Gasteiger partial charge in [-0.2, -0.15) is 0 Å². The molecule has 0 unspecified atom stereocenters. The van der Waals surface area contributed by atoms with E-state index < -0.39 is 37.8 Å². The first kappa shape index (κ1) is 40.9. The molecule has 13 aromatic rings. The van der Waals surface area contributed by atoms with Crippen molar-refractivity contribution in [3.63, 3.8) is 0 Å². The molecule has 5 heteroatoms. The number of benzene rings is 11. The summed E-state index contributed by atoms with van der Waals surface area (Å²) in [6.07, 6.45) is 0.00500. The normalized spacial score (nSPS) is 16.6. The third kappa shape index (κ3) is 8.16. The van der Waals surface area contributed by atoms with E-state index in [1.54, 1.807) is 36.5 Å². The maximum absolute atomic E-state index is 9.68. The largest absolute Gasteiger partial charge is 0.457 e. The summed E-state index contributed by atoms with van der Waals surface area (Å²) in [6, 6.07) is 81.1. The SMILES string of the molecule is [2H]C([2H])([2H])c1cccc(-c2ccc(-n3c4ccccc4c4ccc(Oc5cccc(N6CN(c7c(-c8cc(C([2H])([2H])[2H])cc(C([2H])([2H])[2H])c8)cc(C(C)(C)C)cc7-c7ccc8c(c7)-c7ccccc7C87c8ccccc8C([2H])([2H])c8ccccc87)c7ccccc76)c5)cc43)nc2)c1. The number of pyridine rings is 1. The number of rotatable bonds is 8. The molecule has 2 aromatic heterocycles. The van der Waals surface area contributed by atoms with Crippen molar-refractivity contribution >= 4 is 44.6 Å². The molecule has 2 aliphatic carbocycles. The first-order valence-electron chi connectivity index (χ1n) is 34.7. The van der Waals surface area contributed by atoms with E-state index in [-0.39, 0.29) is 23.4 Å². The van der Waals surface area contributed by atoms with Gasteiger partial charge in [-0.15, -0.1) is 0 Å². The number of hydrogen-bond acceptors (Lipinski definition) is 4. The highest BCUT2D eigenvalue weighted by molar-refractivity contribution is 6.09. The van der Waals surface area contributed by atoms with Crippen LogP contribution < -0.4 is 14.5 Å². The average Bonchev–Trinajstić information content (AvgIpc) is 1.57. The molecule has 0 atom stereocenters. The van der Waals surface area contributed by atoms with Crippen LogP contribution in [0.15, 0.2) is 255 Å². The van der Waals surface area contributed by atoms with Crippen LogP contribution in [-0.2, 0) is 17.2 Å². The minimum Gasteiger partial charge on any atom is -0.457 e. The van der Waals surface area contributed by atoms with Gasteiger partial charge in [0, 0.05) is 66.6 Å². The summed E-state index contributed by atoms with van der Waals surface area (Å²) in [4.78, 5) is 9.46. The summed E-state index contributed by atoms with van der Waals surface area (Å²) < 4.78 is 105. The van der Waals surface area contributed by atoms with Crippen molar-refractivity contribution < 1.29 is 19.8 Å². The molecular weight excluding hydrogens is 1040 g/mol. The molecule has 5 nitrogen and oxygen atoms in total. The van der Waals surface area contributed by atoms with Gasteiger partial charge >= 0.3 is 0 Å². The monoisotopic (exact) mass is 1120 g/mol. The van der Waals surface area contributed by atoms with Crippen LogP contribution in [0.1, 0.15) is 91.5 Å². The Morgan fingerprint density at radius 3 is 1.85 bits per heavy atom. The number of ether oxygens (including phenoxy) is 1. The lowest BCUT2D eigenvalue weighted by Gasteiger charge is -2.40. The van der Waals surface area contributed by atoms with Gasteiger partial charge in [-0.25, -0.2) is 4.98 Å². The van der Waals surface area contributed by atoms with Gasteiger partial charge in [0.25, 0.3) is 0 Å². The quantitative estimate of drug-likeness (QED) is 0.152. The molecule has 3 aliphatic rings. The lowest BCUT2D eigenvalue weighted by molar-refractivity contribution is 0.483. The number of hydrogen-bond donors (Lipinski definition) is 0. The van der Waals surface area contributed by atoms with E-state index in [0.717, 1.165) is 106 Å². The second kappa shape index (κ2) is 19.7. The fraction of sp³-hybridized carbons (Fsp3) is 0.123. The smallest absolute Gasteiger partial charge is 0.137 e. The van der Waals surface area contributed by atoms with Crippen molar-refractivity contribution in [2.45, 2.75) is 58.5 Å². The predicted molar refractivity (Wildman–Crippen MR) is 356 cm³/mol. The Bertz CT molecular complexity index is 5290. The van der Waals surface area contributed by atoms with E-state index in [1.807, 2.05) is 109 Å². The van der Waals surface area contributed by atoms with Crippen molar-refractivity contribution in [3.8, 4) is 61.8 Å². The van der Waals surface area contributed by atoms with Crippen molar-refractivity contribution in [3.05, 3.63) is 311 Å². The van der Waals surface area contributed by atoms with Gasteiger partial charge in [0.2, 0.25) is 0 Å². The number of anilines is 4. The molecular formula is C81H64N4O. The summed E-state index contributed by atoms with van der Waals surface area (Å²) in [5.74, 6) is 1.86. The number of fused-ring (bicyclic) bond motifs is 13. The highest BCUT2D eigenvalue weighted by atomic mass is 16.5. The zero-order valence-electron chi connectivity index (χ0n) is 58.7. The Morgan fingerprint density at radius 2 is 1.09 bits per heavy atom. The third-order valence-electron chi connectivity index (χ3n) is 17.7. The minimum absolute atomic E-state index is 0.0779. The number of aryl methyl sites for hydroxylation is 3. The maximum Gasteiger partial charge on any atom is 0.137 e. The van der Waals surface area contributed by atoms with Crippen molar-refractivity contribution in [1.82, 2.24) is 9.55 Å². The Hall–Kier alpha value is -10.2. The van der Waals surface area contributed by atoms with Crippen LogP contribution in [-0.4, -0.2) is 16.2 Å². The van der Waals surface area contributed by atoms with Gasteiger partial charge in [-0.05, 0) is 172 Å². The molecule has 16 rings (SSSR count). The summed E-state index contributed by atoms with van der Waals surface area (Å²) >= 11 is 0. The van der Waals surface area contributed by atoms with Crippen LogP contribution in [0, 0.1) is 20.6 Å². The van der Waals surface area contributed by atoms with Crippen LogP contribution in [0.2, 0.25) is 0 Å². The fourth-order valence-corrected chi connectivity index (χ4v) is 13.9. The Morgan fingerprint density at radius 1 is 0.453 bits per heavy atom. The van der Waals surface area contributed by atoms with Crippen LogP contribution in [0.5, 0.6) is 11.5 Å². The molecule has 86 heavy (non-hydrogen) atoms. The zero-order valence-corrected chi connectivity index (χ0v) is 47.7. The lowest BCUT2D eigenvalue weighted by atomic mass is 9.61. The average molecular weight is 1120 g/mol. The molecule has 0 amide bonds. The van der Waals surface area contributed by atoms with Crippen LogP contribution in [0.3, 0.4) is 0 Å². The molecule has 1 spiro atoms. The zero-order chi connectivity index (χ0) is 67.3. The molecule has 0 saturated heterocycles. The van der Waals surface area contributed by atoms with Gasteiger partial charge in [0.15, 0.2) is 0 Å². The second-order valence-corrected chi connectivity index (χ2v) is 23.8. The maximum atomic E-state index is 9.68. The summed E-state index contributed by atoms with van der Waals surface area (Å²) in [5.41, 5.74) is 16.4. The Kier molecular flexibility index (Phi) is 9.36. The highest BCUT2D eigenvalue weighted by Gasteiger charge is 2.50. The molecule has 3 heterocycles. The van der Waals surface area contributed by atoms with Crippen LogP contribution in [0.4, 0.5) is 22.7 Å². The molecule has 0 bridgehead atoms. The van der Waals surface area contributed by atoms with Crippen molar-refractivity contribution in [1.29, 1.82) is 0 Å². The third-order valence-corrected chi connectivity index (χ3v) is 17.7. The first-order valence-corrected chi connectivity index (χ1v) is 29.2. The van der Waals surface area contributed by atoms with E-state index in [4.69, 9.17) is 22.1 Å². The van der Waals surface area contributed by atoms with E-state index in [0.29, 0.717) is 39.6 Å². The van der Waals surface area contributed by atoms with Crippen LogP contribution in [0.25, 0.3) is 72.1 Å². The van der Waals surface area contributed by atoms with E-state index in [9.17, 15) is 2.74 Å². The van der Waals surface area contributed by atoms with Crippen LogP contribution >= 0.6 is 0 Å². The first-order chi connectivity index (χ1) is 46.3. The molecule has 414 valence electrons. The summed E-state index contributed by atoms with van der Waals surface area (Å²) in [5, 5.41) is 2.05. The van der Waals surface area contributed by atoms with Gasteiger partial charge in [-0.3, -0.25) is 4.57 Å². The van der Waals surface area contributed by atoms with E-state index in [2.05, 4.69) is 138 Å². The topological polar surface area (TPSA) is 33.5 Å². The molecule has 0 saturated carbocycles. The Balaban J connectivity index is 0.839. The van der Waals surface area contributed by atoms with E-state index >= 15 is 0 Å². The molecule has 0 N–H and O–H groups in total. The molecule has 0 fully saturated rings. The minimum atomic E-state index is -2.64. The van der Waals surface area contributed by atoms with Crippen molar-refractivity contribution in [2.75, 3.05) is 16.5 Å². The van der Waals surface area contributed by atoms with Gasteiger partial charge in [0.1, 0.15) is 24.0 Å². The van der Waals surface area contributed by atoms with Crippen molar-refractivity contribution in [2.24, 2.45) is 0 Å². The predicted octanol–water partition coefficient (Wildman–Crippen LogP) is 20.7.